The minimum Gasteiger partial charge on any atom is -0.396 e. The van der Waals surface area contributed by atoms with Gasteiger partial charge in [0, 0.05) is 24.6 Å². The molecule has 0 radical (unpaired) electrons. The van der Waals surface area contributed by atoms with Crippen LogP contribution in [0.25, 0.3) is 0 Å². The smallest absolute Gasteiger partial charge is 0.0587 e. The molecule has 19 heavy (non-hydrogen) atoms. The van der Waals surface area contributed by atoms with Gasteiger partial charge < -0.3 is 15.5 Å². The first kappa shape index (κ1) is 16.2. The van der Waals surface area contributed by atoms with E-state index in [9.17, 15) is 10.2 Å². The Balaban J connectivity index is 2.53. The molecule has 3 nitrogen and oxygen atoms in total. The maximum Gasteiger partial charge on any atom is 0.0587 e. The maximum absolute atomic E-state index is 9.55. The van der Waals surface area contributed by atoms with E-state index in [4.69, 9.17) is 0 Å². The van der Waals surface area contributed by atoms with Gasteiger partial charge in [-0.1, -0.05) is 44.2 Å². The number of hydrogen-bond donors (Lipinski definition) is 3. The summed E-state index contributed by atoms with van der Waals surface area (Å²) in [5.41, 5.74) is 1.15. The molecule has 1 aromatic rings. The third-order valence-corrected chi connectivity index (χ3v) is 4.15. The van der Waals surface area contributed by atoms with Crippen molar-refractivity contribution in [3.8, 4) is 0 Å². The van der Waals surface area contributed by atoms with Crippen molar-refractivity contribution in [3.05, 3.63) is 35.9 Å². The molecule has 3 heteroatoms. The normalized spacial score (nSPS) is 13.5. The molecule has 0 bridgehead atoms. The Morgan fingerprint density at radius 2 is 1.74 bits per heavy atom. The molecular weight excluding hydrogens is 238 g/mol. The van der Waals surface area contributed by atoms with Gasteiger partial charge in [0.1, 0.15) is 0 Å². The molecule has 108 valence electrons. The highest BCUT2D eigenvalue weighted by Gasteiger charge is 2.25. The largest absolute Gasteiger partial charge is 0.396 e. The summed E-state index contributed by atoms with van der Waals surface area (Å²) in [4.78, 5) is 0. The van der Waals surface area contributed by atoms with E-state index in [2.05, 4.69) is 31.3 Å². The van der Waals surface area contributed by atoms with Crippen LogP contribution >= 0.6 is 0 Å². The molecule has 0 spiro atoms. The third kappa shape index (κ3) is 4.94. The van der Waals surface area contributed by atoms with Crippen LogP contribution in [0.3, 0.4) is 0 Å². The molecule has 1 aromatic carbocycles. The van der Waals surface area contributed by atoms with Crippen LogP contribution in [-0.2, 0) is 6.42 Å². The van der Waals surface area contributed by atoms with Gasteiger partial charge >= 0.3 is 0 Å². The zero-order chi connectivity index (χ0) is 14.1. The van der Waals surface area contributed by atoms with Crippen molar-refractivity contribution < 1.29 is 10.2 Å². The summed E-state index contributed by atoms with van der Waals surface area (Å²) < 4.78 is 0. The zero-order valence-corrected chi connectivity index (χ0v) is 12.1. The van der Waals surface area contributed by atoms with Gasteiger partial charge in [-0.05, 0) is 24.8 Å². The first-order valence-corrected chi connectivity index (χ1v) is 7.18. The van der Waals surface area contributed by atoms with Crippen LogP contribution in [0.1, 0.15) is 32.3 Å². The highest BCUT2D eigenvalue weighted by Crippen LogP contribution is 2.24. The SMILES string of the molecule is CCC(CC)(CO)CNC(CO)Cc1ccccc1. The minimum absolute atomic E-state index is 0.0476. The van der Waals surface area contributed by atoms with Crippen LogP contribution in [-0.4, -0.2) is 36.0 Å². The van der Waals surface area contributed by atoms with E-state index in [1.807, 2.05) is 18.2 Å². The van der Waals surface area contributed by atoms with Crippen LogP contribution in [0.2, 0.25) is 0 Å². The van der Waals surface area contributed by atoms with Crippen LogP contribution in [0, 0.1) is 5.41 Å². The lowest BCUT2D eigenvalue weighted by Gasteiger charge is -2.31. The highest BCUT2D eigenvalue weighted by molar-refractivity contribution is 5.15. The van der Waals surface area contributed by atoms with Crippen molar-refractivity contribution >= 4 is 0 Å². The summed E-state index contributed by atoms with van der Waals surface area (Å²) in [5.74, 6) is 0. The highest BCUT2D eigenvalue weighted by atomic mass is 16.3. The summed E-state index contributed by atoms with van der Waals surface area (Å²) >= 11 is 0. The molecule has 3 N–H and O–H groups in total. The van der Waals surface area contributed by atoms with Crippen molar-refractivity contribution in [2.75, 3.05) is 19.8 Å². The lowest BCUT2D eigenvalue weighted by atomic mass is 9.83. The van der Waals surface area contributed by atoms with Gasteiger partial charge in [0.2, 0.25) is 0 Å². The van der Waals surface area contributed by atoms with E-state index in [0.717, 1.165) is 25.8 Å². The zero-order valence-electron chi connectivity index (χ0n) is 12.1. The maximum atomic E-state index is 9.55. The Morgan fingerprint density at radius 3 is 2.21 bits per heavy atom. The fourth-order valence-corrected chi connectivity index (χ4v) is 2.24. The van der Waals surface area contributed by atoms with Gasteiger partial charge in [0.15, 0.2) is 0 Å². The van der Waals surface area contributed by atoms with E-state index in [1.165, 1.54) is 5.56 Å². The number of rotatable bonds is 9. The van der Waals surface area contributed by atoms with Crippen LogP contribution in [0.4, 0.5) is 0 Å². The quantitative estimate of drug-likeness (QED) is 0.640. The van der Waals surface area contributed by atoms with E-state index < -0.39 is 0 Å². The predicted molar refractivity (Wildman–Crippen MR) is 79.1 cm³/mol. The van der Waals surface area contributed by atoms with Gasteiger partial charge in [0.25, 0.3) is 0 Å². The minimum atomic E-state index is -0.0654. The van der Waals surface area contributed by atoms with E-state index in [1.54, 1.807) is 0 Å². The third-order valence-electron chi connectivity index (χ3n) is 4.15. The molecule has 0 fully saturated rings. The van der Waals surface area contributed by atoms with Crippen molar-refractivity contribution in [2.24, 2.45) is 5.41 Å². The summed E-state index contributed by atoms with van der Waals surface area (Å²) in [6, 6.07) is 10.2. The second-order valence-electron chi connectivity index (χ2n) is 5.32. The van der Waals surface area contributed by atoms with Crippen molar-refractivity contribution in [1.82, 2.24) is 5.32 Å². The Hall–Kier alpha value is -0.900. The molecule has 0 aliphatic heterocycles. The summed E-state index contributed by atoms with van der Waals surface area (Å²) in [6.45, 7) is 5.26. The first-order chi connectivity index (χ1) is 9.19. The van der Waals surface area contributed by atoms with E-state index >= 15 is 0 Å². The lowest BCUT2D eigenvalue weighted by molar-refractivity contribution is 0.105. The standard InChI is InChI=1S/C16H27NO2/c1-3-16(4-2,13-19)12-17-15(11-18)10-14-8-6-5-7-9-14/h5-9,15,17-19H,3-4,10-13H2,1-2H3. The number of benzene rings is 1. The monoisotopic (exact) mass is 265 g/mol. The Kier molecular flexibility index (Phi) is 7.06. The molecule has 1 atom stereocenters. The number of aliphatic hydroxyl groups excluding tert-OH is 2. The van der Waals surface area contributed by atoms with Crippen molar-refractivity contribution in [1.29, 1.82) is 0 Å². The molecule has 0 aliphatic carbocycles. The van der Waals surface area contributed by atoms with Gasteiger partial charge in [-0.25, -0.2) is 0 Å². The summed E-state index contributed by atoms with van der Waals surface area (Å²) in [6.07, 6.45) is 2.69. The average Bonchev–Trinajstić information content (AvgIpc) is 2.49. The number of hydrogen-bond acceptors (Lipinski definition) is 3. The summed E-state index contributed by atoms with van der Waals surface area (Å²) in [7, 11) is 0. The van der Waals surface area contributed by atoms with Crippen molar-refractivity contribution in [2.45, 2.75) is 39.2 Å². The Morgan fingerprint density at radius 1 is 1.11 bits per heavy atom. The molecule has 1 rings (SSSR count). The number of nitrogens with one attached hydrogen (secondary N) is 1. The van der Waals surface area contributed by atoms with Gasteiger partial charge in [-0.3, -0.25) is 0 Å². The molecular formula is C16H27NO2. The van der Waals surface area contributed by atoms with Gasteiger partial charge in [-0.2, -0.15) is 0 Å². The fourth-order valence-electron chi connectivity index (χ4n) is 2.24. The lowest BCUT2D eigenvalue weighted by Crippen LogP contribution is -2.43. The van der Waals surface area contributed by atoms with Crippen molar-refractivity contribution in [3.63, 3.8) is 0 Å². The molecule has 0 heterocycles. The van der Waals surface area contributed by atoms with E-state index in [0.29, 0.717) is 0 Å². The van der Waals surface area contributed by atoms with Gasteiger partial charge in [0.05, 0.1) is 6.61 Å². The fraction of sp³-hybridized carbons (Fsp3) is 0.625. The summed E-state index contributed by atoms with van der Waals surface area (Å²) in [5, 5.41) is 22.4. The molecule has 1 unspecified atom stereocenters. The average molecular weight is 265 g/mol. The van der Waals surface area contributed by atoms with Crippen LogP contribution < -0.4 is 5.32 Å². The van der Waals surface area contributed by atoms with E-state index in [-0.39, 0.29) is 24.7 Å². The predicted octanol–water partition coefficient (Wildman–Crippen LogP) is 1.98. The van der Waals surface area contributed by atoms with Crippen LogP contribution in [0.5, 0.6) is 0 Å². The van der Waals surface area contributed by atoms with Crippen LogP contribution in [0.15, 0.2) is 30.3 Å². The molecule has 0 saturated heterocycles. The second-order valence-corrected chi connectivity index (χ2v) is 5.32. The van der Waals surface area contributed by atoms with Gasteiger partial charge in [-0.15, -0.1) is 0 Å². The first-order valence-electron chi connectivity index (χ1n) is 7.18. The Bertz CT molecular complexity index is 328. The molecule has 0 saturated carbocycles. The molecule has 0 amide bonds. The second kappa shape index (κ2) is 8.31. The molecule has 0 aliphatic rings. The molecule has 0 aromatic heterocycles. The number of aliphatic hydroxyl groups is 2. The Labute approximate surface area is 116 Å². The topological polar surface area (TPSA) is 52.5 Å².